The molecule has 0 spiro atoms. The van der Waals surface area contributed by atoms with Gasteiger partial charge in [-0.15, -0.1) is 0 Å². The van der Waals surface area contributed by atoms with Crippen molar-refractivity contribution >= 4 is 33.7 Å². The van der Waals surface area contributed by atoms with Crippen LogP contribution in [0.3, 0.4) is 0 Å². The molecule has 0 bridgehead atoms. The summed E-state index contributed by atoms with van der Waals surface area (Å²) in [5, 5.41) is 8.97. The fourth-order valence-corrected chi connectivity index (χ4v) is 2.95. The van der Waals surface area contributed by atoms with Gasteiger partial charge in [0.2, 0.25) is 0 Å². The number of halogens is 1. The number of hydrogen-bond acceptors (Lipinski definition) is 3. The summed E-state index contributed by atoms with van der Waals surface area (Å²) in [5.41, 5.74) is 0.724. The molecular formula is C14H10BrNO4. The van der Waals surface area contributed by atoms with Gasteiger partial charge in [-0.25, -0.2) is 0 Å². The van der Waals surface area contributed by atoms with E-state index in [9.17, 15) is 14.4 Å². The molecule has 2 aliphatic rings. The first-order valence-corrected chi connectivity index (χ1v) is 6.87. The van der Waals surface area contributed by atoms with Crippen molar-refractivity contribution in [1.29, 1.82) is 0 Å². The van der Waals surface area contributed by atoms with E-state index < -0.39 is 17.9 Å². The van der Waals surface area contributed by atoms with E-state index in [0.717, 1.165) is 9.37 Å². The summed E-state index contributed by atoms with van der Waals surface area (Å²) >= 11 is 3.27. The number of aliphatic carboxylic acids is 1. The molecule has 0 radical (unpaired) electrons. The molecule has 20 heavy (non-hydrogen) atoms. The SMILES string of the molecule is O=C(O)C1C=CC(N2C(=O)c3ccc(Br)cc3C2=O)C1. The molecule has 0 saturated carbocycles. The Morgan fingerprint density at radius 2 is 1.90 bits per heavy atom. The fraction of sp³-hybridized carbons (Fsp3) is 0.214. The summed E-state index contributed by atoms with van der Waals surface area (Å²) in [6, 6.07) is 4.44. The van der Waals surface area contributed by atoms with Crippen LogP contribution < -0.4 is 0 Å². The zero-order valence-corrected chi connectivity index (χ0v) is 11.8. The molecule has 1 heterocycles. The van der Waals surface area contributed by atoms with Gasteiger partial charge in [0, 0.05) is 4.47 Å². The Hall–Kier alpha value is -1.95. The second kappa shape index (κ2) is 4.56. The van der Waals surface area contributed by atoms with Crippen molar-refractivity contribution in [3.05, 3.63) is 46.0 Å². The molecule has 0 aromatic heterocycles. The summed E-state index contributed by atoms with van der Waals surface area (Å²) in [6.45, 7) is 0. The van der Waals surface area contributed by atoms with E-state index in [0.29, 0.717) is 11.1 Å². The summed E-state index contributed by atoms with van der Waals surface area (Å²) in [5.74, 6) is -2.32. The average molecular weight is 336 g/mol. The summed E-state index contributed by atoms with van der Waals surface area (Å²) in [7, 11) is 0. The number of nitrogens with zero attached hydrogens (tertiary/aromatic N) is 1. The van der Waals surface area contributed by atoms with Crippen LogP contribution in [0.5, 0.6) is 0 Å². The monoisotopic (exact) mass is 335 g/mol. The normalized spacial score (nSPS) is 24.4. The predicted octanol–water partition coefficient (Wildman–Crippen LogP) is 2.07. The van der Waals surface area contributed by atoms with E-state index in [1.165, 1.54) is 6.08 Å². The van der Waals surface area contributed by atoms with Crippen LogP contribution in [0.25, 0.3) is 0 Å². The highest BCUT2D eigenvalue weighted by Crippen LogP contribution is 2.32. The molecule has 1 aliphatic heterocycles. The standard InChI is InChI=1S/C14H10BrNO4/c15-8-2-4-10-11(6-8)13(18)16(12(10)17)9-3-1-7(5-9)14(19)20/h1-4,6-7,9H,5H2,(H,19,20). The fourth-order valence-electron chi connectivity index (χ4n) is 2.59. The largest absolute Gasteiger partial charge is 0.481 e. The van der Waals surface area contributed by atoms with E-state index >= 15 is 0 Å². The third kappa shape index (κ3) is 1.87. The van der Waals surface area contributed by atoms with Gasteiger partial charge in [-0.1, -0.05) is 28.1 Å². The first kappa shape index (κ1) is 13.1. The highest BCUT2D eigenvalue weighted by molar-refractivity contribution is 9.10. The lowest BCUT2D eigenvalue weighted by Gasteiger charge is -2.20. The Kier molecular flexibility index (Phi) is 2.97. The van der Waals surface area contributed by atoms with Gasteiger partial charge in [-0.3, -0.25) is 19.3 Å². The highest BCUT2D eigenvalue weighted by Gasteiger charge is 2.41. The lowest BCUT2D eigenvalue weighted by molar-refractivity contribution is -0.140. The predicted molar refractivity (Wildman–Crippen MR) is 73.3 cm³/mol. The molecule has 2 atom stereocenters. The maximum atomic E-state index is 12.3. The lowest BCUT2D eigenvalue weighted by atomic mass is 10.1. The first-order valence-electron chi connectivity index (χ1n) is 6.07. The van der Waals surface area contributed by atoms with Crippen molar-refractivity contribution in [1.82, 2.24) is 4.90 Å². The molecule has 1 aromatic rings. The minimum atomic E-state index is -0.942. The number of imide groups is 1. The molecule has 0 fully saturated rings. The van der Waals surface area contributed by atoms with Gasteiger partial charge < -0.3 is 5.11 Å². The molecule has 6 heteroatoms. The van der Waals surface area contributed by atoms with Crippen LogP contribution in [-0.4, -0.2) is 33.8 Å². The number of carbonyl (C=O) groups excluding carboxylic acids is 2. The van der Waals surface area contributed by atoms with Gasteiger partial charge in [0.25, 0.3) is 11.8 Å². The zero-order valence-electron chi connectivity index (χ0n) is 10.2. The topological polar surface area (TPSA) is 74.7 Å². The van der Waals surface area contributed by atoms with Gasteiger partial charge >= 0.3 is 5.97 Å². The van der Waals surface area contributed by atoms with Crippen LogP contribution in [0, 0.1) is 5.92 Å². The number of carboxylic acid groups (broad SMARTS) is 1. The maximum absolute atomic E-state index is 12.3. The van der Waals surface area contributed by atoms with Crippen molar-refractivity contribution in [3.63, 3.8) is 0 Å². The highest BCUT2D eigenvalue weighted by atomic mass is 79.9. The van der Waals surface area contributed by atoms with E-state index in [1.54, 1.807) is 24.3 Å². The number of amides is 2. The number of rotatable bonds is 2. The van der Waals surface area contributed by atoms with Gasteiger partial charge in [-0.05, 0) is 24.6 Å². The summed E-state index contributed by atoms with van der Waals surface area (Å²) in [6.07, 6.45) is 3.39. The van der Waals surface area contributed by atoms with Crippen LogP contribution in [0.15, 0.2) is 34.8 Å². The summed E-state index contributed by atoms with van der Waals surface area (Å²) < 4.78 is 0.727. The van der Waals surface area contributed by atoms with Crippen LogP contribution >= 0.6 is 15.9 Å². The molecule has 2 unspecified atom stereocenters. The third-order valence-corrected chi connectivity index (χ3v) is 4.08. The van der Waals surface area contributed by atoms with E-state index in [4.69, 9.17) is 5.11 Å². The minimum absolute atomic E-state index is 0.238. The molecular weight excluding hydrogens is 326 g/mol. The van der Waals surface area contributed by atoms with E-state index in [2.05, 4.69) is 15.9 Å². The van der Waals surface area contributed by atoms with Gasteiger partial charge in [0.1, 0.15) is 0 Å². The van der Waals surface area contributed by atoms with E-state index in [1.807, 2.05) is 0 Å². The van der Waals surface area contributed by atoms with Crippen molar-refractivity contribution in [2.45, 2.75) is 12.5 Å². The smallest absolute Gasteiger partial charge is 0.310 e. The second-order valence-electron chi connectivity index (χ2n) is 4.80. The molecule has 1 aliphatic carbocycles. The summed E-state index contributed by atoms with van der Waals surface area (Å²) in [4.78, 5) is 36.7. The molecule has 5 nitrogen and oxygen atoms in total. The molecule has 2 amide bonds. The van der Waals surface area contributed by atoms with Crippen LogP contribution in [0.4, 0.5) is 0 Å². The third-order valence-electron chi connectivity index (χ3n) is 3.59. The lowest BCUT2D eigenvalue weighted by Crippen LogP contribution is -2.38. The van der Waals surface area contributed by atoms with Crippen molar-refractivity contribution in [2.24, 2.45) is 5.92 Å². The van der Waals surface area contributed by atoms with Gasteiger partial charge in [-0.2, -0.15) is 0 Å². The van der Waals surface area contributed by atoms with Crippen molar-refractivity contribution in [2.75, 3.05) is 0 Å². The Morgan fingerprint density at radius 1 is 1.20 bits per heavy atom. The minimum Gasteiger partial charge on any atom is -0.481 e. The quantitative estimate of drug-likeness (QED) is 0.663. The van der Waals surface area contributed by atoms with Gasteiger partial charge in [0.05, 0.1) is 23.1 Å². The van der Waals surface area contributed by atoms with Gasteiger partial charge in [0.15, 0.2) is 0 Å². The Morgan fingerprint density at radius 3 is 2.55 bits per heavy atom. The Balaban J connectivity index is 1.91. The number of carboxylic acids is 1. The number of hydrogen-bond donors (Lipinski definition) is 1. The van der Waals surface area contributed by atoms with E-state index in [-0.39, 0.29) is 18.2 Å². The second-order valence-corrected chi connectivity index (χ2v) is 5.72. The van der Waals surface area contributed by atoms with Crippen LogP contribution in [0.1, 0.15) is 27.1 Å². The number of benzene rings is 1. The molecule has 102 valence electrons. The molecule has 1 N–H and O–H groups in total. The number of carbonyl (C=O) groups is 3. The van der Waals surface area contributed by atoms with Crippen molar-refractivity contribution < 1.29 is 19.5 Å². The van der Waals surface area contributed by atoms with Crippen LogP contribution in [-0.2, 0) is 4.79 Å². The average Bonchev–Trinajstić information content (AvgIpc) is 2.95. The maximum Gasteiger partial charge on any atom is 0.310 e. The van der Waals surface area contributed by atoms with Crippen LogP contribution in [0.2, 0.25) is 0 Å². The molecule has 1 aromatic carbocycles. The molecule has 0 saturated heterocycles. The Labute approximate surface area is 123 Å². The first-order chi connectivity index (χ1) is 9.49. The van der Waals surface area contributed by atoms with Crippen molar-refractivity contribution in [3.8, 4) is 0 Å². The zero-order chi connectivity index (χ0) is 14.4. The Bertz CT molecular complexity index is 667. The molecule has 3 rings (SSSR count). The number of fused-ring (bicyclic) bond motifs is 1.